The van der Waals surface area contributed by atoms with Crippen LogP contribution in [0.4, 0.5) is 14.6 Å². The van der Waals surface area contributed by atoms with Gasteiger partial charge in [-0.05, 0) is 24.3 Å². The fourth-order valence-electron chi connectivity index (χ4n) is 3.28. The van der Waals surface area contributed by atoms with Gasteiger partial charge in [-0.3, -0.25) is 4.99 Å². The second kappa shape index (κ2) is 6.61. The van der Waals surface area contributed by atoms with Crippen LogP contribution in [-0.2, 0) is 0 Å². The number of fused-ring (bicyclic) bond motifs is 1. The molecule has 3 aromatic rings. The summed E-state index contributed by atoms with van der Waals surface area (Å²) in [7, 11) is 1.66. The lowest BCUT2D eigenvalue weighted by Gasteiger charge is -2.37. The van der Waals surface area contributed by atoms with E-state index in [4.69, 9.17) is 5.73 Å². The summed E-state index contributed by atoms with van der Waals surface area (Å²) in [6, 6.07) is 7.46. The highest BCUT2D eigenvalue weighted by Crippen LogP contribution is 2.49. The molecular weight excluding hydrogens is 370 g/mol. The molecule has 8 heteroatoms. The number of anilines is 1. The Morgan fingerprint density at radius 2 is 2.15 bits per heavy atom. The van der Waals surface area contributed by atoms with Crippen molar-refractivity contribution < 1.29 is 13.9 Å². The first-order valence-electron chi connectivity index (χ1n) is 8.51. The highest BCUT2D eigenvalue weighted by molar-refractivity contribution is 7.18. The lowest BCUT2D eigenvalue weighted by molar-refractivity contribution is -0.141. The number of nitrogens with zero attached hydrogens (tertiary/aromatic N) is 3. The first-order valence-corrected chi connectivity index (χ1v) is 9.32. The molecule has 0 spiro atoms. The summed E-state index contributed by atoms with van der Waals surface area (Å²) in [5.74, 6) is -2.65. The number of aliphatic imine (C=N–C) groups is 1. The molecule has 0 aliphatic heterocycles. The number of alkyl halides is 2. The van der Waals surface area contributed by atoms with Crippen LogP contribution in [0.15, 0.2) is 35.5 Å². The standard InChI is InChI=1S/C19H18F2N4OS/c1-23-8-12-4-11(9-24-17(12)22)14-3-2-10-5-15(27-18(10)25-14)16(26)13-6-19(20,21)7-13/h2-5,8-9,13,16,26H,6-7H2,1H3,(H2,22,24). The van der Waals surface area contributed by atoms with Crippen molar-refractivity contribution in [1.29, 1.82) is 0 Å². The Morgan fingerprint density at radius 1 is 1.37 bits per heavy atom. The van der Waals surface area contributed by atoms with E-state index >= 15 is 0 Å². The number of hydrogen-bond donors (Lipinski definition) is 2. The molecule has 3 aromatic heterocycles. The van der Waals surface area contributed by atoms with E-state index in [-0.39, 0.29) is 12.8 Å². The van der Waals surface area contributed by atoms with Crippen LogP contribution >= 0.6 is 11.3 Å². The third-order valence-corrected chi connectivity index (χ3v) is 5.89. The molecule has 3 N–H and O–H groups in total. The average molecular weight is 388 g/mol. The number of rotatable bonds is 4. The lowest BCUT2D eigenvalue weighted by atomic mass is 9.77. The number of nitrogen functional groups attached to an aromatic ring is 1. The van der Waals surface area contributed by atoms with Crippen molar-refractivity contribution in [2.75, 3.05) is 12.8 Å². The van der Waals surface area contributed by atoms with Gasteiger partial charge >= 0.3 is 0 Å². The van der Waals surface area contributed by atoms with E-state index in [0.29, 0.717) is 16.3 Å². The van der Waals surface area contributed by atoms with Gasteiger partial charge in [-0.25, -0.2) is 18.7 Å². The molecule has 140 valence electrons. The maximum absolute atomic E-state index is 13.1. The number of aromatic nitrogens is 2. The van der Waals surface area contributed by atoms with Crippen LogP contribution in [0.1, 0.15) is 29.4 Å². The Labute approximate surface area is 158 Å². The summed E-state index contributed by atoms with van der Waals surface area (Å²) in [6.45, 7) is 0. The molecule has 5 nitrogen and oxygen atoms in total. The van der Waals surface area contributed by atoms with Crippen molar-refractivity contribution in [1.82, 2.24) is 9.97 Å². The Kier molecular flexibility index (Phi) is 4.39. The molecule has 1 fully saturated rings. The Bertz CT molecular complexity index is 1030. The van der Waals surface area contributed by atoms with Crippen molar-refractivity contribution in [3.63, 3.8) is 0 Å². The fourth-order valence-corrected chi connectivity index (χ4v) is 4.39. The number of thiophene rings is 1. The first kappa shape index (κ1) is 17.9. The summed E-state index contributed by atoms with van der Waals surface area (Å²) < 4.78 is 26.2. The van der Waals surface area contributed by atoms with Crippen molar-refractivity contribution in [3.05, 3.63) is 40.9 Å². The number of nitrogens with two attached hydrogens (primary N) is 1. The molecule has 27 heavy (non-hydrogen) atoms. The van der Waals surface area contributed by atoms with Gasteiger partial charge in [0, 0.05) is 59.6 Å². The monoisotopic (exact) mass is 388 g/mol. The maximum Gasteiger partial charge on any atom is 0.248 e. The molecule has 1 unspecified atom stereocenters. The van der Waals surface area contributed by atoms with Gasteiger partial charge in [0.15, 0.2) is 0 Å². The largest absolute Gasteiger partial charge is 0.387 e. The van der Waals surface area contributed by atoms with E-state index in [9.17, 15) is 13.9 Å². The zero-order valence-corrected chi connectivity index (χ0v) is 15.4. The van der Waals surface area contributed by atoms with Crippen LogP contribution in [0.5, 0.6) is 0 Å². The van der Waals surface area contributed by atoms with Crippen LogP contribution in [0.3, 0.4) is 0 Å². The SMILES string of the molecule is CN=Cc1cc(-c2ccc3cc(C(O)C4CC(F)(F)C4)sc3n2)cnc1N. The molecule has 0 bridgehead atoms. The van der Waals surface area contributed by atoms with E-state index in [1.807, 2.05) is 24.3 Å². The van der Waals surface area contributed by atoms with Crippen molar-refractivity contribution in [3.8, 4) is 11.3 Å². The smallest absolute Gasteiger partial charge is 0.248 e. The van der Waals surface area contributed by atoms with Gasteiger partial charge in [-0.1, -0.05) is 0 Å². The van der Waals surface area contributed by atoms with Crippen LogP contribution in [0, 0.1) is 5.92 Å². The number of pyridine rings is 2. The highest BCUT2D eigenvalue weighted by Gasteiger charge is 2.48. The number of hydrogen-bond acceptors (Lipinski definition) is 6. The minimum Gasteiger partial charge on any atom is -0.387 e. The van der Waals surface area contributed by atoms with Gasteiger partial charge in [0.05, 0.1) is 11.8 Å². The van der Waals surface area contributed by atoms with Gasteiger partial charge in [-0.2, -0.15) is 0 Å². The van der Waals surface area contributed by atoms with E-state index < -0.39 is 17.9 Å². The van der Waals surface area contributed by atoms with Gasteiger partial charge in [0.25, 0.3) is 0 Å². The molecule has 4 rings (SSSR count). The Morgan fingerprint density at radius 3 is 2.85 bits per heavy atom. The van der Waals surface area contributed by atoms with Gasteiger partial charge in [0.1, 0.15) is 10.6 Å². The zero-order valence-electron chi connectivity index (χ0n) is 14.6. The van der Waals surface area contributed by atoms with E-state index in [1.165, 1.54) is 11.3 Å². The quantitative estimate of drug-likeness (QED) is 0.660. The highest BCUT2D eigenvalue weighted by atomic mass is 32.1. The van der Waals surface area contributed by atoms with E-state index in [2.05, 4.69) is 15.0 Å². The second-order valence-corrected chi connectivity index (χ2v) is 7.86. The molecule has 1 aliphatic carbocycles. The minimum absolute atomic E-state index is 0.264. The molecule has 0 saturated heterocycles. The van der Waals surface area contributed by atoms with Crippen LogP contribution in [0.2, 0.25) is 0 Å². The van der Waals surface area contributed by atoms with Gasteiger partial charge in [-0.15, -0.1) is 11.3 Å². The lowest BCUT2D eigenvalue weighted by Crippen LogP contribution is -2.38. The van der Waals surface area contributed by atoms with E-state index in [1.54, 1.807) is 19.5 Å². The van der Waals surface area contributed by atoms with Crippen molar-refractivity contribution in [2.45, 2.75) is 24.9 Å². The zero-order chi connectivity index (χ0) is 19.2. The molecule has 1 aliphatic rings. The molecule has 1 atom stereocenters. The second-order valence-electron chi connectivity index (χ2n) is 6.79. The first-order chi connectivity index (χ1) is 12.9. The molecular formula is C19H18F2N4OS. The van der Waals surface area contributed by atoms with E-state index in [0.717, 1.165) is 21.5 Å². The summed E-state index contributed by atoms with van der Waals surface area (Å²) in [5.41, 5.74) is 8.08. The van der Waals surface area contributed by atoms with Crippen LogP contribution in [0.25, 0.3) is 21.5 Å². The van der Waals surface area contributed by atoms with Crippen LogP contribution in [-0.4, -0.2) is 34.3 Å². The minimum atomic E-state index is -2.64. The maximum atomic E-state index is 13.1. The van der Waals surface area contributed by atoms with Crippen molar-refractivity contribution >= 4 is 33.6 Å². The number of halogens is 2. The number of aliphatic hydroxyl groups is 1. The van der Waals surface area contributed by atoms with Gasteiger partial charge in [0.2, 0.25) is 5.92 Å². The fraction of sp³-hybridized carbons (Fsp3) is 0.316. The van der Waals surface area contributed by atoms with Crippen molar-refractivity contribution in [2.24, 2.45) is 10.9 Å². The van der Waals surface area contributed by atoms with Gasteiger partial charge < -0.3 is 10.8 Å². The Balaban J connectivity index is 1.64. The molecule has 3 heterocycles. The Hall–Kier alpha value is -2.45. The molecule has 0 amide bonds. The topological polar surface area (TPSA) is 84.4 Å². The third kappa shape index (κ3) is 3.42. The van der Waals surface area contributed by atoms with Crippen LogP contribution < -0.4 is 5.73 Å². The molecule has 1 saturated carbocycles. The predicted molar refractivity (Wildman–Crippen MR) is 103 cm³/mol. The summed E-state index contributed by atoms with van der Waals surface area (Å²) in [6.07, 6.45) is 1.88. The summed E-state index contributed by atoms with van der Waals surface area (Å²) in [4.78, 5) is 14.2. The normalized spacial score (nSPS) is 18.1. The molecule has 0 radical (unpaired) electrons. The summed E-state index contributed by atoms with van der Waals surface area (Å²) in [5, 5.41) is 11.3. The predicted octanol–water partition coefficient (Wildman–Crippen LogP) is 4.07. The average Bonchev–Trinajstić information content (AvgIpc) is 3.04. The third-order valence-electron chi connectivity index (χ3n) is 4.78. The number of aliphatic hydroxyl groups excluding tert-OH is 1. The molecule has 0 aromatic carbocycles. The summed E-state index contributed by atoms with van der Waals surface area (Å²) >= 11 is 1.33.